The molecule has 0 unspecified atom stereocenters. The lowest BCUT2D eigenvalue weighted by atomic mass is 9.99. The van der Waals surface area contributed by atoms with Crippen LogP contribution in [0.15, 0.2) is 66.7 Å². The van der Waals surface area contributed by atoms with Gasteiger partial charge in [0, 0.05) is 61.5 Å². The average molecular weight is 438 g/mol. The van der Waals surface area contributed by atoms with Crippen LogP contribution in [-0.4, -0.2) is 52.9 Å². The Kier molecular flexibility index (Phi) is 5.50. The molecule has 3 heterocycles. The molecule has 0 spiro atoms. The second-order valence-electron chi connectivity index (χ2n) is 8.80. The number of carbonyl (C=O) groups is 1. The van der Waals surface area contributed by atoms with Crippen LogP contribution in [0.25, 0.3) is 22.3 Å². The van der Waals surface area contributed by atoms with E-state index < -0.39 is 0 Å². The van der Waals surface area contributed by atoms with E-state index in [1.54, 1.807) is 19.0 Å². The number of nitrogens with zero attached hydrogens (tertiary/aromatic N) is 5. The molecule has 5 rings (SSSR count). The summed E-state index contributed by atoms with van der Waals surface area (Å²) < 4.78 is 0. The van der Waals surface area contributed by atoms with Crippen molar-refractivity contribution in [2.45, 2.75) is 19.3 Å². The Morgan fingerprint density at radius 2 is 1.73 bits per heavy atom. The summed E-state index contributed by atoms with van der Waals surface area (Å²) in [4.78, 5) is 31.3. The highest BCUT2D eigenvalue weighted by atomic mass is 16.2. The Morgan fingerprint density at radius 3 is 2.52 bits per heavy atom. The molecule has 6 nitrogen and oxygen atoms in total. The zero-order valence-corrected chi connectivity index (χ0v) is 19.2. The van der Waals surface area contributed by atoms with Crippen LogP contribution in [0.1, 0.15) is 34.1 Å². The van der Waals surface area contributed by atoms with Gasteiger partial charge in [-0.15, -0.1) is 0 Å². The third kappa shape index (κ3) is 4.16. The number of para-hydroxylation sites is 1. The normalized spacial score (nSPS) is 15.7. The number of aryl methyl sites for hydroxylation is 1. The number of amides is 1. The number of hydrogen-bond acceptors (Lipinski definition) is 5. The minimum atomic E-state index is 0.00336. The molecule has 166 valence electrons. The van der Waals surface area contributed by atoms with Gasteiger partial charge in [-0.05, 0) is 25.5 Å². The molecule has 1 aliphatic rings. The van der Waals surface area contributed by atoms with Gasteiger partial charge in [-0.25, -0.2) is 9.97 Å². The Bertz CT molecular complexity index is 1320. The lowest BCUT2D eigenvalue weighted by molar-refractivity contribution is 0.0829. The molecule has 0 N–H and O–H groups in total. The van der Waals surface area contributed by atoms with Crippen LogP contribution in [0.2, 0.25) is 0 Å². The summed E-state index contributed by atoms with van der Waals surface area (Å²) in [5.74, 6) is 1.92. The van der Waals surface area contributed by atoms with Crippen LogP contribution in [-0.2, 0) is 0 Å². The third-order valence-electron chi connectivity index (χ3n) is 6.18. The fourth-order valence-electron chi connectivity index (χ4n) is 4.46. The van der Waals surface area contributed by atoms with Crippen LogP contribution >= 0.6 is 0 Å². The Morgan fingerprint density at radius 1 is 0.970 bits per heavy atom. The van der Waals surface area contributed by atoms with Gasteiger partial charge in [0.2, 0.25) is 0 Å². The minimum absolute atomic E-state index is 0.00336. The van der Waals surface area contributed by atoms with Gasteiger partial charge in [0.05, 0.1) is 11.1 Å². The summed E-state index contributed by atoms with van der Waals surface area (Å²) in [5.41, 5.74) is 4.51. The van der Waals surface area contributed by atoms with Crippen molar-refractivity contribution in [3.8, 4) is 11.4 Å². The molecule has 2 aromatic carbocycles. The van der Waals surface area contributed by atoms with E-state index >= 15 is 0 Å². The second kappa shape index (κ2) is 8.62. The molecule has 1 amide bonds. The molecule has 1 fully saturated rings. The Balaban J connectivity index is 1.46. The first-order valence-electron chi connectivity index (χ1n) is 11.3. The molecule has 0 radical (unpaired) electrons. The fourth-order valence-corrected chi connectivity index (χ4v) is 4.46. The molecular weight excluding hydrogens is 410 g/mol. The van der Waals surface area contributed by atoms with E-state index in [1.165, 1.54) is 0 Å². The van der Waals surface area contributed by atoms with E-state index in [1.807, 2.05) is 73.7 Å². The van der Waals surface area contributed by atoms with Crippen molar-refractivity contribution in [2.24, 2.45) is 0 Å². The number of benzene rings is 2. The molecule has 33 heavy (non-hydrogen) atoms. The SMILES string of the molecule is Cc1cc(N2CC[C@H](c3cc(C(=O)N(C)C)c4ccccc4n3)C2)nc(-c2ccccc2)n1. The molecule has 0 saturated carbocycles. The van der Waals surface area contributed by atoms with Crippen molar-refractivity contribution in [1.29, 1.82) is 0 Å². The highest BCUT2D eigenvalue weighted by Crippen LogP contribution is 2.32. The maximum atomic E-state index is 12.9. The van der Waals surface area contributed by atoms with Gasteiger partial charge in [0.25, 0.3) is 5.91 Å². The van der Waals surface area contributed by atoms with E-state index in [9.17, 15) is 4.79 Å². The molecule has 0 bridgehead atoms. The Labute approximate surface area is 193 Å². The summed E-state index contributed by atoms with van der Waals surface area (Å²) in [6.07, 6.45) is 0.963. The quantitative estimate of drug-likeness (QED) is 0.463. The number of anilines is 1. The van der Waals surface area contributed by atoms with Crippen molar-refractivity contribution in [2.75, 3.05) is 32.1 Å². The maximum Gasteiger partial charge on any atom is 0.254 e. The van der Waals surface area contributed by atoms with Crippen LogP contribution in [0, 0.1) is 6.92 Å². The van der Waals surface area contributed by atoms with Crippen LogP contribution in [0.5, 0.6) is 0 Å². The van der Waals surface area contributed by atoms with E-state index in [4.69, 9.17) is 9.97 Å². The van der Waals surface area contributed by atoms with Gasteiger partial charge in [0.15, 0.2) is 5.82 Å². The minimum Gasteiger partial charge on any atom is -0.356 e. The number of pyridine rings is 1. The van der Waals surface area contributed by atoms with Crippen molar-refractivity contribution in [3.05, 3.63) is 83.7 Å². The average Bonchev–Trinajstić information content (AvgIpc) is 3.33. The van der Waals surface area contributed by atoms with Gasteiger partial charge in [-0.2, -0.15) is 0 Å². The number of fused-ring (bicyclic) bond motifs is 1. The Hall–Kier alpha value is -3.80. The van der Waals surface area contributed by atoms with E-state index in [-0.39, 0.29) is 11.8 Å². The predicted octanol–water partition coefficient (Wildman–Crippen LogP) is 4.70. The van der Waals surface area contributed by atoms with Gasteiger partial charge in [0.1, 0.15) is 5.82 Å². The van der Waals surface area contributed by atoms with Crippen molar-refractivity contribution < 1.29 is 4.79 Å². The molecular formula is C27H27N5O. The summed E-state index contributed by atoms with van der Waals surface area (Å²) in [5, 5.41) is 0.897. The molecule has 6 heteroatoms. The number of carbonyl (C=O) groups excluding carboxylic acids is 1. The first-order chi connectivity index (χ1) is 16.0. The predicted molar refractivity (Wildman–Crippen MR) is 132 cm³/mol. The molecule has 2 aromatic heterocycles. The number of aromatic nitrogens is 3. The lowest BCUT2D eigenvalue weighted by Crippen LogP contribution is -2.23. The molecule has 0 aliphatic carbocycles. The van der Waals surface area contributed by atoms with Crippen molar-refractivity contribution >= 4 is 22.6 Å². The third-order valence-corrected chi connectivity index (χ3v) is 6.18. The largest absolute Gasteiger partial charge is 0.356 e. The number of hydrogen-bond donors (Lipinski definition) is 0. The van der Waals surface area contributed by atoms with Gasteiger partial charge < -0.3 is 9.80 Å². The summed E-state index contributed by atoms with van der Waals surface area (Å²) in [6, 6.07) is 22.0. The zero-order chi connectivity index (χ0) is 22.9. The second-order valence-corrected chi connectivity index (χ2v) is 8.80. The smallest absolute Gasteiger partial charge is 0.254 e. The summed E-state index contributed by atoms with van der Waals surface area (Å²) in [7, 11) is 3.58. The summed E-state index contributed by atoms with van der Waals surface area (Å²) in [6.45, 7) is 3.71. The van der Waals surface area contributed by atoms with Crippen LogP contribution < -0.4 is 4.90 Å². The molecule has 1 aliphatic heterocycles. The van der Waals surface area contributed by atoms with Gasteiger partial charge >= 0.3 is 0 Å². The van der Waals surface area contributed by atoms with Gasteiger partial charge in [-0.3, -0.25) is 9.78 Å². The van der Waals surface area contributed by atoms with E-state index in [2.05, 4.69) is 9.88 Å². The first kappa shape index (κ1) is 21.1. The lowest BCUT2D eigenvalue weighted by Gasteiger charge is -2.19. The maximum absolute atomic E-state index is 12.9. The fraction of sp³-hybridized carbons (Fsp3) is 0.259. The van der Waals surface area contributed by atoms with Crippen molar-refractivity contribution in [3.63, 3.8) is 0 Å². The van der Waals surface area contributed by atoms with Crippen LogP contribution in [0.3, 0.4) is 0 Å². The first-order valence-corrected chi connectivity index (χ1v) is 11.3. The molecule has 4 aromatic rings. The topological polar surface area (TPSA) is 62.2 Å². The monoisotopic (exact) mass is 437 g/mol. The standard InChI is InChI=1S/C27H27N5O/c1-18-15-25(30-26(28-18)19-9-5-4-6-10-19)32-14-13-20(17-32)24-16-22(27(33)31(2)3)21-11-7-8-12-23(21)29-24/h4-12,15-16,20H,13-14,17H2,1-3H3/t20-/m0/s1. The highest BCUT2D eigenvalue weighted by molar-refractivity contribution is 6.06. The van der Waals surface area contributed by atoms with Gasteiger partial charge in [-0.1, -0.05) is 48.5 Å². The van der Waals surface area contributed by atoms with Crippen LogP contribution in [0.4, 0.5) is 5.82 Å². The molecule has 1 saturated heterocycles. The molecule has 1 atom stereocenters. The van der Waals surface area contributed by atoms with Crippen molar-refractivity contribution in [1.82, 2.24) is 19.9 Å². The number of rotatable bonds is 4. The van der Waals surface area contributed by atoms with E-state index in [0.29, 0.717) is 5.56 Å². The highest BCUT2D eigenvalue weighted by Gasteiger charge is 2.28. The zero-order valence-electron chi connectivity index (χ0n) is 19.2. The van der Waals surface area contributed by atoms with E-state index in [0.717, 1.165) is 59.0 Å². The summed E-state index contributed by atoms with van der Waals surface area (Å²) >= 11 is 0.